The fraction of sp³-hybridized carbons (Fsp3) is 1.00. The summed E-state index contributed by atoms with van der Waals surface area (Å²) >= 11 is 0. The first-order valence-electron chi connectivity index (χ1n) is 6.99. The molecule has 0 heterocycles. The Morgan fingerprint density at radius 1 is 1.00 bits per heavy atom. The van der Waals surface area contributed by atoms with Crippen molar-refractivity contribution in [2.45, 2.75) is 65.3 Å². The van der Waals surface area contributed by atoms with Crippen molar-refractivity contribution in [3.63, 3.8) is 0 Å². The van der Waals surface area contributed by atoms with Crippen LogP contribution in [0.15, 0.2) is 0 Å². The van der Waals surface area contributed by atoms with Crippen molar-refractivity contribution in [1.29, 1.82) is 0 Å². The van der Waals surface area contributed by atoms with Crippen LogP contribution in [0.3, 0.4) is 0 Å². The molecule has 0 amide bonds. The number of unbranched alkanes of at least 4 members (excludes halogenated alkanes) is 2. The molecular formula is C13H29NO2S. The Morgan fingerprint density at radius 3 is 2.18 bits per heavy atom. The van der Waals surface area contributed by atoms with Gasteiger partial charge in [0, 0.05) is 11.8 Å². The van der Waals surface area contributed by atoms with Gasteiger partial charge in [0.05, 0.1) is 5.75 Å². The molecule has 0 aliphatic carbocycles. The summed E-state index contributed by atoms with van der Waals surface area (Å²) in [5.74, 6) is 0.619. The van der Waals surface area contributed by atoms with Crippen LogP contribution in [0.5, 0.6) is 0 Å². The van der Waals surface area contributed by atoms with Crippen LogP contribution in [0.1, 0.15) is 59.3 Å². The van der Waals surface area contributed by atoms with Crippen molar-refractivity contribution < 1.29 is 8.42 Å². The average molecular weight is 263 g/mol. The third kappa shape index (κ3) is 9.60. The molecule has 0 aromatic rings. The van der Waals surface area contributed by atoms with E-state index in [-0.39, 0.29) is 5.75 Å². The largest absolute Gasteiger partial charge is 0.314 e. The molecule has 1 atom stereocenters. The second kappa shape index (κ2) is 9.89. The Bertz CT molecular complexity index is 263. The highest BCUT2D eigenvalue weighted by Gasteiger charge is 2.11. The zero-order valence-electron chi connectivity index (χ0n) is 11.7. The Hall–Kier alpha value is -0.0900. The van der Waals surface area contributed by atoms with Crippen molar-refractivity contribution in [1.82, 2.24) is 5.32 Å². The van der Waals surface area contributed by atoms with Gasteiger partial charge in [-0.15, -0.1) is 0 Å². The average Bonchev–Trinajstić information content (AvgIpc) is 2.29. The van der Waals surface area contributed by atoms with E-state index < -0.39 is 9.84 Å². The van der Waals surface area contributed by atoms with Gasteiger partial charge in [-0.2, -0.15) is 0 Å². The predicted octanol–water partition coefficient (Wildman–Crippen LogP) is 2.76. The van der Waals surface area contributed by atoms with E-state index in [1.165, 1.54) is 25.7 Å². The summed E-state index contributed by atoms with van der Waals surface area (Å²) in [5, 5.41) is 3.45. The minimum Gasteiger partial charge on any atom is -0.314 e. The predicted molar refractivity (Wildman–Crippen MR) is 75.2 cm³/mol. The van der Waals surface area contributed by atoms with Gasteiger partial charge in [0.1, 0.15) is 9.84 Å². The molecule has 0 aromatic heterocycles. The quantitative estimate of drug-likeness (QED) is 0.583. The number of hydrogen-bond acceptors (Lipinski definition) is 3. The van der Waals surface area contributed by atoms with E-state index in [1.807, 2.05) is 0 Å². The minimum absolute atomic E-state index is 0.273. The highest BCUT2D eigenvalue weighted by Crippen LogP contribution is 2.09. The molecule has 1 unspecified atom stereocenters. The van der Waals surface area contributed by atoms with Gasteiger partial charge in [-0.1, -0.05) is 40.0 Å². The van der Waals surface area contributed by atoms with Gasteiger partial charge in [-0.25, -0.2) is 8.42 Å². The highest BCUT2D eigenvalue weighted by atomic mass is 32.2. The summed E-state index contributed by atoms with van der Waals surface area (Å²) in [6.07, 6.45) is 6.71. The molecule has 0 aromatic carbocycles. The zero-order chi connectivity index (χ0) is 13.1. The minimum atomic E-state index is -2.78. The van der Waals surface area contributed by atoms with Crippen LogP contribution in [0.4, 0.5) is 0 Å². The van der Waals surface area contributed by atoms with Crippen LogP contribution in [-0.2, 0) is 9.84 Å². The fourth-order valence-corrected chi connectivity index (χ4v) is 2.87. The first kappa shape index (κ1) is 16.9. The van der Waals surface area contributed by atoms with Gasteiger partial charge in [-0.3, -0.25) is 0 Å². The summed E-state index contributed by atoms with van der Waals surface area (Å²) in [6.45, 7) is 7.00. The molecule has 0 saturated carbocycles. The zero-order valence-corrected chi connectivity index (χ0v) is 12.5. The van der Waals surface area contributed by atoms with Gasteiger partial charge in [0.15, 0.2) is 0 Å². The van der Waals surface area contributed by atoms with Crippen LogP contribution >= 0.6 is 0 Å². The van der Waals surface area contributed by atoms with Crippen molar-refractivity contribution >= 4 is 9.84 Å². The summed E-state index contributed by atoms with van der Waals surface area (Å²) in [5.41, 5.74) is 0. The summed E-state index contributed by atoms with van der Waals surface area (Å²) in [7, 11) is -2.78. The third-order valence-corrected chi connectivity index (χ3v) is 4.89. The maximum Gasteiger partial charge on any atom is 0.150 e. The Morgan fingerprint density at radius 2 is 1.65 bits per heavy atom. The monoisotopic (exact) mass is 263 g/mol. The fourth-order valence-electron chi connectivity index (χ4n) is 1.97. The van der Waals surface area contributed by atoms with Gasteiger partial charge in [0.25, 0.3) is 0 Å². The van der Waals surface area contributed by atoms with Crippen LogP contribution < -0.4 is 5.32 Å². The lowest BCUT2D eigenvalue weighted by Crippen LogP contribution is -2.29. The normalized spacial score (nSPS) is 13.8. The molecule has 3 nitrogen and oxygen atoms in total. The molecule has 104 valence electrons. The van der Waals surface area contributed by atoms with Gasteiger partial charge >= 0.3 is 0 Å². The van der Waals surface area contributed by atoms with E-state index in [0.717, 1.165) is 19.4 Å². The topological polar surface area (TPSA) is 46.2 Å². The molecule has 17 heavy (non-hydrogen) atoms. The summed E-state index contributed by atoms with van der Waals surface area (Å²) < 4.78 is 22.8. The summed E-state index contributed by atoms with van der Waals surface area (Å²) in [6, 6.07) is 0.499. The maximum absolute atomic E-state index is 11.4. The molecule has 0 saturated heterocycles. The van der Waals surface area contributed by atoms with E-state index in [2.05, 4.69) is 19.2 Å². The van der Waals surface area contributed by atoms with Crippen LogP contribution in [0.25, 0.3) is 0 Å². The number of rotatable bonds is 11. The molecule has 0 fully saturated rings. The lowest BCUT2D eigenvalue weighted by Gasteiger charge is -2.17. The molecule has 1 N–H and O–H groups in total. The molecule has 0 bridgehead atoms. The van der Waals surface area contributed by atoms with Crippen molar-refractivity contribution in [2.75, 3.05) is 18.1 Å². The van der Waals surface area contributed by atoms with Gasteiger partial charge in [-0.05, 0) is 25.8 Å². The van der Waals surface area contributed by atoms with Crippen LogP contribution in [0.2, 0.25) is 0 Å². The molecule has 0 rings (SSSR count). The third-order valence-electron chi connectivity index (χ3n) is 3.10. The van der Waals surface area contributed by atoms with Gasteiger partial charge in [0.2, 0.25) is 0 Å². The molecular weight excluding hydrogens is 234 g/mol. The number of nitrogens with one attached hydrogen (secondary N) is 1. The molecule has 0 radical (unpaired) electrons. The van der Waals surface area contributed by atoms with Gasteiger partial charge < -0.3 is 5.32 Å². The van der Waals surface area contributed by atoms with E-state index in [4.69, 9.17) is 0 Å². The molecule has 0 aliphatic rings. The van der Waals surface area contributed by atoms with E-state index in [9.17, 15) is 8.42 Å². The highest BCUT2D eigenvalue weighted by molar-refractivity contribution is 7.91. The Balaban J connectivity index is 3.83. The standard InChI is InChI=1S/C13H29NO2S/c1-4-7-8-10-13(14-5-2)11-9-12-17(15,16)6-3/h13-14H,4-12H2,1-3H3. The Labute approximate surface area is 107 Å². The smallest absolute Gasteiger partial charge is 0.150 e. The second-order valence-electron chi connectivity index (χ2n) is 4.63. The SMILES string of the molecule is CCCCCC(CCCS(=O)(=O)CC)NCC. The molecule has 0 spiro atoms. The molecule has 4 heteroatoms. The number of hydrogen-bond donors (Lipinski definition) is 1. The second-order valence-corrected chi connectivity index (χ2v) is 7.10. The maximum atomic E-state index is 11.4. The first-order chi connectivity index (χ1) is 8.05. The van der Waals surface area contributed by atoms with E-state index in [0.29, 0.717) is 11.8 Å². The lowest BCUT2D eigenvalue weighted by atomic mass is 10.0. The first-order valence-corrected chi connectivity index (χ1v) is 8.81. The van der Waals surface area contributed by atoms with E-state index in [1.54, 1.807) is 6.92 Å². The van der Waals surface area contributed by atoms with E-state index >= 15 is 0 Å². The van der Waals surface area contributed by atoms with Crippen molar-refractivity contribution in [3.05, 3.63) is 0 Å². The van der Waals surface area contributed by atoms with Crippen LogP contribution in [0, 0.1) is 0 Å². The Kier molecular flexibility index (Phi) is 9.84. The van der Waals surface area contributed by atoms with Crippen molar-refractivity contribution in [2.24, 2.45) is 0 Å². The lowest BCUT2D eigenvalue weighted by molar-refractivity contribution is 0.440. The molecule has 0 aliphatic heterocycles. The van der Waals surface area contributed by atoms with Crippen LogP contribution in [-0.4, -0.2) is 32.5 Å². The number of sulfone groups is 1. The van der Waals surface area contributed by atoms with Crippen molar-refractivity contribution in [3.8, 4) is 0 Å². The summed E-state index contributed by atoms with van der Waals surface area (Å²) in [4.78, 5) is 0.